The normalized spacial score (nSPS) is 11.9. The number of carboxylic acid groups (broad SMARTS) is 2. The Morgan fingerprint density at radius 2 is 1.94 bits per heavy atom. The molecule has 2 amide bonds. The van der Waals surface area contributed by atoms with Gasteiger partial charge in [-0.15, -0.1) is 0 Å². The molecule has 18 heavy (non-hydrogen) atoms. The SMILES string of the molecule is CC[C@H](c1cc(Cl)ccc1Br)N(C(=O)O)C(=O)O. The third kappa shape index (κ3) is 3.14. The Labute approximate surface area is 117 Å². The summed E-state index contributed by atoms with van der Waals surface area (Å²) < 4.78 is 0.617. The van der Waals surface area contributed by atoms with E-state index in [-0.39, 0.29) is 0 Å². The van der Waals surface area contributed by atoms with Gasteiger partial charge in [0.05, 0.1) is 6.04 Å². The van der Waals surface area contributed by atoms with Gasteiger partial charge in [0.2, 0.25) is 0 Å². The van der Waals surface area contributed by atoms with Gasteiger partial charge >= 0.3 is 12.2 Å². The summed E-state index contributed by atoms with van der Waals surface area (Å²) in [6.45, 7) is 1.71. The number of halogens is 2. The van der Waals surface area contributed by atoms with Crippen LogP contribution in [0.3, 0.4) is 0 Å². The van der Waals surface area contributed by atoms with Crippen LogP contribution < -0.4 is 0 Å². The lowest BCUT2D eigenvalue weighted by molar-refractivity contribution is 0.104. The van der Waals surface area contributed by atoms with Gasteiger partial charge in [-0.3, -0.25) is 0 Å². The van der Waals surface area contributed by atoms with Gasteiger partial charge in [-0.1, -0.05) is 34.5 Å². The smallest absolute Gasteiger partial charge is 0.417 e. The second-order valence-electron chi connectivity index (χ2n) is 3.53. The summed E-state index contributed by atoms with van der Waals surface area (Å²) >= 11 is 9.11. The molecule has 7 heteroatoms. The number of carbonyl (C=O) groups is 2. The number of amides is 2. The summed E-state index contributed by atoms with van der Waals surface area (Å²) in [7, 11) is 0. The largest absolute Gasteiger partial charge is 0.465 e. The number of imide groups is 1. The second kappa shape index (κ2) is 6.06. The molecule has 0 saturated carbocycles. The summed E-state index contributed by atoms with van der Waals surface area (Å²) in [6.07, 6.45) is -2.71. The van der Waals surface area contributed by atoms with E-state index in [2.05, 4.69) is 15.9 Å². The first kappa shape index (κ1) is 14.8. The Bertz CT molecular complexity index is 466. The van der Waals surface area contributed by atoms with E-state index in [0.717, 1.165) is 0 Å². The van der Waals surface area contributed by atoms with Gasteiger partial charge in [-0.25, -0.2) is 14.5 Å². The zero-order valence-electron chi connectivity index (χ0n) is 9.43. The van der Waals surface area contributed by atoms with Crippen molar-refractivity contribution in [2.45, 2.75) is 19.4 Å². The fourth-order valence-electron chi connectivity index (χ4n) is 1.66. The highest BCUT2D eigenvalue weighted by Gasteiger charge is 2.30. The van der Waals surface area contributed by atoms with E-state index < -0.39 is 18.2 Å². The molecule has 0 unspecified atom stereocenters. The van der Waals surface area contributed by atoms with E-state index in [1.165, 1.54) is 0 Å². The highest BCUT2D eigenvalue weighted by Crippen LogP contribution is 2.32. The first-order chi connectivity index (χ1) is 8.38. The monoisotopic (exact) mass is 335 g/mol. The Morgan fingerprint density at radius 1 is 1.39 bits per heavy atom. The van der Waals surface area contributed by atoms with Crippen molar-refractivity contribution >= 4 is 39.7 Å². The molecule has 0 heterocycles. The maximum atomic E-state index is 11.0. The average Bonchev–Trinajstić information content (AvgIpc) is 2.28. The summed E-state index contributed by atoms with van der Waals surface area (Å²) in [5.74, 6) is 0. The number of hydrogen-bond acceptors (Lipinski definition) is 2. The summed E-state index contributed by atoms with van der Waals surface area (Å²) in [4.78, 5) is 22.4. The summed E-state index contributed by atoms with van der Waals surface area (Å²) in [5.41, 5.74) is 0.523. The van der Waals surface area contributed by atoms with E-state index in [9.17, 15) is 9.59 Å². The Morgan fingerprint density at radius 3 is 2.39 bits per heavy atom. The van der Waals surface area contributed by atoms with Gasteiger partial charge in [0, 0.05) is 9.50 Å². The third-order valence-corrected chi connectivity index (χ3v) is 3.38. The van der Waals surface area contributed by atoms with E-state index in [4.69, 9.17) is 21.8 Å². The lowest BCUT2D eigenvalue weighted by Crippen LogP contribution is -2.38. The quantitative estimate of drug-likeness (QED) is 0.866. The number of rotatable bonds is 3. The van der Waals surface area contributed by atoms with Crippen LogP contribution in [-0.2, 0) is 0 Å². The fraction of sp³-hybridized carbons (Fsp3) is 0.273. The van der Waals surface area contributed by atoms with Gasteiger partial charge in [0.25, 0.3) is 0 Å². The highest BCUT2D eigenvalue weighted by molar-refractivity contribution is 9.10. The molecule has 0 aromatic heterocycles. The molecule has 1 aromatic carbocycles. The van der Waals surface area contributed by atoms with E-state index in [1.807, 2.05) is 0 Å². The molecule has 2 N–H and O–H groups in total. The van der Waals surface area contributed by atoms with Crippen LogP contribution in [0.15, 0.2) is 22.7 Å². The molecule has 1 rings (SSSR count). The minimum Gasteiger partial charge on any atom is -0.465 e. The Hall–Kier alpha value is -1.27. The van der Waals surface area contributed by atoms with Crippen LogP contribution in [0.2, 0.25) is 5.02 Å². The van der Waals surface area contributed by atoms with Gasteiger partial charge in [0.1, 0.15) is 0 Å². The average molecular weight is 337 g/mol. The molecular formula is C11H11BrClNO4. The molecule has 0 bridgehead atoms. The van der Waals surface area contributed by atoms with Crippen molar-refractivity contribution in [1.29, 1.82) is 0 Å². The van der Waals surface area contributed by atoms with E-state index in [0.29, 0.717) is 26.4 Å². The minimum absolute atomic E-state index is 0.317. The topological polar surface area (TPSA) is 77.8 Å². The lowest BCUT2D eigenvalue weighted by Gasteiger charge is -2.25. The first-order valence-corrected chi connectivity index (χ1v) is 6.25. The Balaban J connectivity index is 3.27. The lowest BCUT2D eigenvalue weighted by atomic mass is 10.0. The number of benzene rings is 1. The second-order valence-corrected chi connectivity index (χ2v) is 4.82. The predicted octanol–water partition coefficient (Wildman–Crippen LogP) is 4.21. The van der Waals surface area contributed by atoms with Crippen molar-refractivity contribution < 1.29 is 19.8 Å². The summed E-state index contributed by atoms with van der Waals surface area (Å²) in [5, 5.41) is 18.3. The molecule has 1 atom stereocenters. The molecule has 0 saturated heterocycles. The molecule has 0 aliphatic carbocycles. The zero-order valence-corrected chi connectivity index (χ0v) is 11.8. The van der Waals surface area contributed by atoms with Crippen molar-refractivity contribution in [1.82, 2.24) is 4.90 Å². The molecule has 98 valence electrons. The molecule has 0 radical (unpaired) electrons. The molecule has 0 fully saturated rings. The minimum atomic E-state index is -1.51. The highest BCUT2D eigenvalue weighted by atomic mass is 79.9. The third-order valence-electron chi connectivity index (χ3n) is 2.43. The van der Waals surface area contributed by atoms with E-state index >= 15 is 0 Å². The van der Waals surface area contributed by atoms with Crippen molar-refractivity contribution in [2.75, 3.05) is 0 Å². The zero-order chi connectivity index (χ0) is 13.9. The van der Waals surface area contributed by atoms with Gasteiger partial charge in [-0.05, 0) is 30.2 Å². The van der Waals surface area contributed by atoms with Crippen molar-refractivity contribution in [3.05, 3.63) is 33.3 Å². The maximum absolute atomic E-state index is 11.0. The molecule has 0 aliphatic heterocycles. The number of nitrogens with zero attached hydrogens (tertiary/aromatic N) is 1. The van der Waals surface area contributed by atoms with Crippen LogP contribution in [0.1, 0.15) is 24.9 Å². The number of hydrogen-bond donors (Lipinski definition) is 2. The van der Waals surface area contributed by atoms with Crippen LogP contribution >= 0.6 is 27.5 Å². The molecule has 0 aliphatic rings. The van der Waals surface area contributed by atoms with Gasteiger partial charge in [-0.2, -0.15) is 0 Å². The van der Waals surface area contributed by atoms with E-state index in [1.54, 1.807) is 25.1 Å². The van der Waals surface area contributed by atoms with Crippen molar-refractivity contribution in [3.8, 4) is 0 Å². The van der Waals surface area contributed by atoms with Gasteiger partial charge in [0.15, 0.2) is 0 Å². The fourth-order valence-corrected chi connectivity index (χ4v) is 2.35. The maximum Gasteiger partial charge on any atom is 0.417 e. The predicted molar refractivity (Wildman–Crippen MR) is 70.1 cm³/mol. The molecule has 0 spiro atoms. The van der Waals surface area contributed by atoms with Crippen LogP contribution in [-0.4, -0.2) is 27.3 Å². The van der Waals surface area contributed by atoms with Crippen LogP contribution in [0.5, 0.6) is 0 Å². The van der Waals surface area contributed by atoms with Crippen LogP contribution in [0.4, 0.5) is 9.59 Å². The Kier molecular flexibility index (Phi) is 4.98. The molecule has 5 nitrogen and oxygen atoms in total. The molecule has 1 aromatic rings. The molecular weight excluding hydrogens is 325 g/mol. The van der Waals surface area contributed by atoms with Crippen molar-refractivity contribution in [2.24, 2.45) is 0 Å². The van der Waals surface area contributed by atoms with Crippen LogP contribution in [0, 0.1) is 0 Å². The van der Waals surface area contributed by atoms with Gasteiger partial charge < -0.3 is 10.2 Å². The van der Waals surface area contributed by atoms with Crippen LogP contribution in [0.25, 0.3) is 0 Å². The summed E-state index contributed by atoms with van der Waals surface area (Å²) in [6, 6.07) is 4.04. The standard InChI is InChI=1S/C11H11BrClNO4/c1-2-9(14(10(15)16)11(17)18)7-5-6(13)3-4-8(7)12/h3-5,9H,2H2,1H3,(H,15,16)(H,17,18)/t9-/m1/s1. The first-order valence-electron chi connectivity index (χ1n) is 5.08. The van der Waals surface area contributed by atoms with Crippen molar-refractivity contribution in [3.63, 3.8) is 0 Å².